The monoisotopic (exact) mass is 298 g/mol. The van der Waals surface area contributed by atoms with Crippen LogP contribution in [0, 0.1) is 5.82 Å². The molecule has 17 heavy (non-hydrogen) atoms. The number of allylic oxidation sites excluding steroid dienone is 2. The lowest BCUT2D eigenvalue weighted by Crippen LogP contribution is -2.01. The van der Waals surface area contributed by atoms with Crippen LogP contribution in [0.1, 0.15) is 51.0 Å². The first-order chi connectivity index (χ1) is 8.19. The van der Waals surface area contributed by atoms with Crippen LogP contribution in [-0.4, -0.2) is 0 Å². The van der Waals surface area contributed by atoms with Gasteiger partial charge in [-0.15, -0.1) is 0 Å². The van der Waals surface area contributed by atoms with Crippen LogP contribution in [0.25, 0.3) is 0 Å². The third kappa shape index (κ3) is 4.63. The summed E-state index contributed by atoms with van der Waals surface area (Å²) in [5, 5.41) is 0. The van der Waals surface area contributed by atoms with E-state index in [2.05, 4.69) is 41.9 Å². The van der Waals surface area contributed by atoms with Gasteiger partial charge in [0.2, 0.25) is 0 Å². The SMILES string of the molecule is CC/C=C\CC(CCC)c1cc(Br)ccc1F. The third-order valence-electron chi connectivity index (χ3n) is 2.86. The fraction of sp³-hybridized carbons (Fsp3) is 0.467. The summed E-state index contributed by atoms with van der Waals surface area (Å²) in [6.45, 7) is 4.26. The van der Waals surface area contributed by atoms with Crippen LogP contribution in [0.15, 0.2) is 34.8 Å². The Hall–Kier alpha value is -0.630. The van der Waals surface area contributed by atoms with Crippen molar-refractivity contribution in [2.75, 3.05) is 0 Å². The molecule has 1 unspecified atom stereocenters. The Labute approximate surface area is 112 Å². The molecule has 1 aromatic carbocycles. The number of benzene rings is 1. The van der Waals surface area contributed by atoms with Crippen LogP contribution in [0.5, 0.6) is 0 Å². The molecule has 1 aromatic rings. The predicted octanol–water partition coefficient (Wildman–Crippen LogP) is 5.83. The first kappa shape index (κ1) is 14.4. The summed E-state index contributed by atoms with van der Waals surface area (Å²) in [7, 11) is 0. The Morgan fingerprint density at radius 2 is 2.06 bits per heavy atom. The highest BCUT2D eigenvalue weighted by molar-refractivity contribution is 9.10. The van der Waals surface area contributed by atoms with Crippen molar-refractivity contribution in [3.8, 4) is 0 Å². The van der Waals surface area contributed by atoms with E-state index in [1.165, 1.54) is 0 Å². The quantitative estimate of drug-likeness (QED) is 0.580. The summed E-state index contributed by atoms with van der Waals surface area (Å²) < 4.78 is 14.8. The van der Waals surface area contributed by atoms with Crippen LogP contribution in [0.4, 0.5) is 4.39 Å². The largest absolute Gasteiger partial charge is 0.207 e. The standard InChI is InChI=1S/C15H20BrF/c1-3-5-6-8-12(7-4-2)14-11-13(16)9-10-15(14)17/h5-6,9-12H,3-4,7-8H2,1-2H3/b6-5-. The molecule has 0 nitrogen and oxygen atoms in total. The van der Waals surface area contributed by atoms with Gasteiger partial charge >= 0.3 is 0 Å². The number of hydrogen-bond donors (Lipinski definition) is 0. The van der Waals surface area contributed by atoms with Crippen LogP contribution in [0.3, 0.4) is 0 Å². The normalized spacial score (nSPS) is 13.2. The first-order valence-electron chi connectivity index (χ1n) is 6.29. The highest BCUT2D eigenvalue weighted by Gasteiger charge is 2.14. The second kappa shape index (κ2) is 7.65. The van der Waals surface area contributed by atoms with Crippen LogP contribution in [0.2, 0.25) is 0 Å². The van der Waals surface area contributed by atoms with Gasteiger partial charge in [0.15, 0.2) is 0 Å². The highest BCUT2D eigenvalue weighted by atomic mass is 79.9. The number of hydrogen-bond acceptors (Lipinski definition) is 0. The zero-order chi connectivity index (χ0) is 12.7. The molecular weight excluding hydrogens is 279 g/mol. The van der Waals surface area contributed by atoms with E-state index in [0.29, 0.717) is 5.92 Å². The van der Waals surface area contributed by atoms with Gasteiger partial charge in [0, 0.05) is 4.47 Å². The fourth-order valence-electron chi connectivity index (χ4n) is 2.00. The Bertz CT molecular complexity index is 371. The zero-order valence-corrected chi connectivity index (χ0v) is 12.1. The molecular formula is C15H20BrF. The van der Waals surface area contributed by atoms with Crippen molar-refractivity contribution in [2.24, 2.45) is 0 Å². The van der Waals surface area contributed by atoms with Crippen molar-refractivity contribution in [1.29, 1.82) is 0 Å². The van der Waals surface area contributed by atoms with Crippen LogP contribution < -0.4 is 0 Å². The molecule has 0 N–H and O–H groups in total. The molecule has 0 aliphatic carbocycles. The van der Waals surface area contributed by atoms with Crippen molar-refractivity contribution in [1.82, 2.24) is 0 Å². The average molecular weight is 299 g/mol. The maximum absolute atomic E-state index is 13.8. The maximum atomic E-state index is 13.8. The van der Waals surface area contributed by atoms with E-state index in [9.17, 15) is 4.39 Å². The summed E-state index contributed by atoms with van der Waals surface area (Å²) in [4.78, 5) is 0. The lowest BCUT2D eigenvalue weighted by atomic mass is 9.91. The fourth-order valence-corrected chi connectivity index (χ4v) is 2.38. The molecule has 0 bridgehead atoms. The lowest BCUT2D eigenvalue weighted by molar-refractivity contribution is 0.551. The van der Waals surface area contributed by atoms with Gasteiger partial charge < -0.3 is 0 Å². The van der Waals surface area contributed by atoms with Crippen molar-refractivity contribution >= 4 is 15.9 Å². The summed E-state index contributed by atoms with van der Waals surface area (Å²) >= 11 is 3.41. The Morgan fingerprint density at radius 1 is 1.29 bits per heavy atom. The lowest BCUT2D eigenvalue weighted by Gasteiger charge is -2.16. The van der Waals surface area contributed by atoms with E-state index in [4.69, 9.17) is 0 Å². The smallest absolute Gasteiger partial charge is 0.126 e. The summed E-state index contributed by atoms with van der Waals surface area (Å²) in [6.07, 6.45) is 8.39. The van der Waals surface area contributed by atoms with Gasteiger partial charge in [-0.2, -0.15) is 0 Å². The van der Waals surface area contributed by atoms with E-state index in [0.717, 1.165) is 35.7 Å². The molecule has 0 spiro atoms. The molecule has 0 fully saturated rings. The van der Waals surface area contributed by atoms with E-state index < -0.39 is 0 Å². The minimum atomic E-state index is -0.0865. The maximum Gasteiger partial charge on any atom is 0.126 e. The summed E-state index contributed by atoms with van der Waals surface area (Å²) in [5.74, 6) is 0.205. The minimum absolute atomic E-state index is 0.0865. The van der Waals surface area contributed by atoms with E-state index in [1.54, 1.807) is 12.1 Å². The molecule has 0 saturated carbocycles. The van der Waals surface area contributed by atoms with Gasteiger partial charge in [-0.3, -0.25) is 0 Å². The van der Waals surface area contributed by atoms with Crippen molar-refractivity contribution in [2.45, 2.75) is 45.4 Å². The number of halogens is 2. The molecule has 0 saturated heterocycles. The van der Waals surface area contributed by atoms with Gasteiger partial charge in [0.1, 0.15) is 5.82 Å². The average Bonchev–Trinajstić information content (AvgIpc) is 2.32. The van der Waals surface area contributed by atoms with E-state index in [1.807, 2.05) is 6.07 Å². The molecule has 0 aliphatic rings. The summed E-state index contributed by atoms with van der Waals surface area (Å²) in [5.41, 5.74) is 0.835. The number of rotatable bonds is 6. The second-order valence-electron chi connectivity index (χ2n) is 4.27. The molecule has 1 atom stereocenters. The molecule has 0 amide bonds. The molecule has 2 heteroatoms. The van der Waals surface area contributed by atoms with Crippen molar-refractivity contribution in [3.05, 3.63) is 46.2 Å². The van der Waals surface area contributed by atoms with Gasteiger partial charge in [0.25, 0.3) is 0 Å². The van der Waals surface area contributed by atoms with Crippen LogP contribution >= 0.6 is 15.9 Å². The molecule has 94 valence electrons. The van der Waals surface area contributed by atoms with Gasteiger partial charge in [-0.05, 0) is 48.9 Å². The van der Waals surface area contributed by atoms with E-state index in [-0.39, 0.29) is 5.82 Å². The molecule has 0 heterocycles. The molecule has 0 radical (unpaired) electrons. The minimum Gasteiger partial charge on any atom is -0.207 e. The Morgan fingerprint density at radius 3 is 2.71 bits per heavy atom. The Balaban J connectivity index is 2.87. The molecule has 1 rings (SSSR count). The second-order valence-corrected chi connectivity index (χ2v) is 5.18. The van der Waals surface area contributed by atoms with Gasteiger partial charge in [0.05, 0.1) is 0 Å². The topological polar surface area (TPSA) is 0 Å². The first-order valence-corrected chi connectivity index (χ1v) is 7.08. The van der Waals surface area contributed by atoms with Gasteiger partial charge in [-0.1, -0.05) is 48.4 Å². The van der Waals surface area contributed by atoms with E-state index >= 15 is 0 Å². The predicted molar refractivity (Wildman–Crippen MR) is 75.8 cm³/mol. The van der Waals surface area contributed by atoms with Crippen LogP contribution in [-0.2, 0) is 0 Å². The highest BCUT2D eigenvalue weighted by Crippen LogP contribution is 2.29. The van der Waals surface area contributed by atoms with Gasteiger partial charge in [-0.25, -0.2) is 4.39 Å². The van der Waals surface area contributed by atoms with Crippen molar-refractivity contribution < 1.29 is 4.39 Å². The molecule has 0 aliphatic heterocycles. The third-order valence-corrected chi connectivity index (χ3v) is 3.35. The Kier molecular flexibility index (Phi) is 6.49. The summed E-state index contributed by atoms with van der Waals surface area (Å²) in [6, 6.07) is 5.21. The van der Waals surface area contributed by atoms with Crippen molar-refractivity contribution in [3.63, 3.8) is 0 Å². The molecule has 0 aromatic heterocycles. The zero-order valence-electron chi connectivity index (χ0n) is 10.5.